The van der Waals surface area contributed by atoms with Gasteiger partial charge < -0.3 is 4.74 Å². The molecule has 94 valence electrons. The molecule has 0 aliphatic carbocycles. The average Bonchev–Trinajstić information content (AvgIpc) is 2.39. The molecule has 1 rings (SSSR count). The van der Waals surface area contributed by atoms with Crippen molar-refractivity contribution >= 4 is 18.4 Å². The predicted octanol–water partition coefficient (Wildman–Crippen LogP) is 2.72. The molecule has 3 nitrogen and oxygen atoms in total. The van der Waals surface area contributed by atoms with Crippen molar-refractivity contribution in [2.45, 2.75) is 31.7 Å². The van der Waals surface area contributed by atoms with Gasteiger partial charge in [0.1, 0.15) is 0 Å². The van der Waals surface area contributed by atoms with Crippen molar-refractivity contribution in [1.29, 1.82) is 0 Å². The van der Waals surface area contributed by atoms with Gasteiger partial charge in [-0.1, -0.05) is 30.3 Å². The number of nitrogens with zero attached hydrogens (tertiary/aromatic N) is 1. The van der Waals surface area contributed by atoms with Crippen molar-refractivity contribution in [3.05, 3.63) is 35.9 Å². The zero-order valence-corrected chi connectivity index (χ0v) is 11.3. The van der Waals surface area contributed by atoms with Crippen LogP contribution in [0.15, 0.2) is 30.3 Å². The summed E-state index contributed by atoms with van der Waals surface area (Å²) in [6, 6.07) is 10.2. The Labute approximate surface area is 107 Å². The topological polar surface area (TPSA) is 29.5 Å². The van der Waals surface area contributed by atoms with Crippen LogP contribution in [0.2, 0.25) is 0 Å². The summed E-state index contributed by atoms with van der Waals surface area (Å²) in [4.78, 5) is 11.0. The van der Waals surface area contributed by atoms with E-state index in [2.05, 4.69) is 12.1 Å². The third-order valence-corrected chi connectivity index (χ3v) is 3.96. The second kappa shape index (κ2) is 7.35. The molecular formula is C13H19NO2S. The molecule has 1 aromatic rings. The van der Waals surface area contributed by atoms with Crippen molar-refractivity contribution < 1.29 is 9.53 Å². The molecule has 17 heavy (non-hydrogen) atoms. The number of ether oxygens (including phenoxy) is 1. The number of amides is 1. The number of carbonyl (C=O) groups excluding carboxylic acids is 1. The van der Waals surface area contributed by atoms with Gasteiger partial charge in [0.15, 0.2) is 0 Å². The highest BCUT2D eigenvalue weighted by atomic mass is 32.2. The molecule has 0 heterocycles. The van der Waals surface area contributed by atoms with Crippen molar-refractivity contribution in [3.8, 4) is 0 Å². The molecule has 0 aromatic heterocycles. The minimum Gasteiger partial charge on any atom is -0.380 e. The van der Waals surface area contributed by atoms with E-state index in [1.54, 1.807) is 11.4 Å². The van der Waals surface area contributed by atoms with Crippen LogP contribution in [-0.4, -0.2) is 30.0 Å². The standard InChI is InChI=1S/C13H19NO2S/c1-11(12(2)16-3)14(10-15)17-9-13-7-5-4-6-8-13/h4-8,10-12H,9H2,1-3H3. The van der Waals surface area contributed by atoms with Crippen LogP contribution in [-0.2, 0) is 15.3 Å². The molecule has 0 radical (unpaired) electrons. The highest BCUT2D eigenvalue weighted by molar-refractivity contribution is 7.96. The number of rotatable bonds is 7. The smallest absolute Gasteiger partial charge is 0.219 e. The van der Waals surface area contributed by atoms with Gasteiger partial charge in [-0.15, -0.1) is 0 Å². The summed E-state index contributed by atoms with van der Waals surface area (Å²) in [6.45, 7) is 3.95. The molecule has 0 spiro atoms. The Morgan fingerprint density at radius 2 is 2.00 bits per heavy atom. The fourth-order valence-electron chi connectivity index (χ4n) is 1.37. The summed E-state index contributed by atoms with van der Waals surface area (Å²) in [7, 11) is 1.66. The summed E-state index contributed by atoms with van der Waals surface area (Å²) < 4.78 is 6.94. The van der Waals surface area contributed by atoms with Gasteiger partial charge in [0.25, 0.3) is 0 Å². The Morgan fingerprint density at radius 1 is 1.35 bits per heavy atom. The van der Waals surface area contributed by atoms with E-state index in [1.807, 2.05) is 32.0 Å². The lowest BCUT2D eigenvalue weighted by molar-refractivity contribution is -0.116. The number of hydrogen-bond acceptors (Lipinski definition) is 3. The van der Waals surface area contributed by atoms with E-state index in [4.69, 9.17) is 4.74 Å². The lowest BCUT2D eigenvalue weighted by atomic mass is 10.2. The van der Waals surface area contributed by atoms with Crippen LogP contribution in [0.5, 0.6) is 0 Å². The Hall–Kier alpha value is -1.00. The van der Waals surface area contributed by atoms with Crippen LogP contribution in [0.1, 0.15) is 19.4 Å². The first kappa shape index (κ1) is 14.1. The van der Waals surface area contributed by atoms with Gasteiger partial charge in [-0.3, -0.25) is 9.10 Å². The molecule has 1 aromatic carbocycles. The number of benzene rings is 1. The quantitative estimate of drug-likeness (QED) is 0.553. The van der Waals surface area contributed by atoms with Crippen LogP contribution in [0.4, 0.5) is 0 Å². The first-order valence-corrected chi connectivity index (χ1v) is 6.56. The van der Waals surface area contributed by atoms with E-state index < -0.39 is 0 Å². The maximum atomic E-state index is 11.0. The summed E-state index contributed by atoms with van der Waals surface area (Å²) >= 11 is 1.51. The SMILES string of the molecule is COC(C)C(C)N(C=O)SCc1ccccc1. The fraction of sp³-hybridized carbons (Fsp3) is 0.462. The van der Waals surface area contributed by atoms with Gasteiger partial charge in [-0.2, -0.15) is 0 Å². The minimum absolute atomic E-state index is 0.0310. The van der Waals surface area contributed by atoms with Crippen LogP contribution in [0, 0.1) is 0 Å². The van der Waals surface area contributed by atoms with Crippen molar-refractivity contribution in [3.63, 3.8) is 0 Å². The molecule has 0 bridgehead atoms. The molecule has 4 heteroatoms. The normalized spacial score (nSPS) is 14.1. The Balaban J connectivity index is 2.50. The van der Waals surface area contributed by atoms with E-state index in [0.717, 1.165) is 12.2 Å². The Bertz CT molecular complexity index is 331. The molecule has 0 saturated heterocycles. The zero-order valence-electron chi connectivity index (χ0n) is 10.5. The third-order valence-electron chi connectivity index (χ3n) is 2.78. The number of carbonyl (C=O) groups is 1. The van der Waals surface area contributed by atoms with Crippen LogP contribution in [0.3, 0.4) is 0 Å². The highest BCUT2D eigenvalue weighted by Crippen LogP contribution is 2.20. The first-order chi connectivity index (χ1) is 8.19. The molecule has 1 amide bonds. The molecular weight excluding hydrogens is 234 g/mol. The van der Waals surface area contributed by atoms with Crippen molar-refractivity contribution in [1.82, 2.24) is 4.31 Å². The van der Waals surface area contributed by atoms with Gasteiger partial charge in [0.05, 0.1) is 12.1 Å². The van der Waals surface area contributed by atoms with Crippen LogP contribution < -0.4 is 0 Å². The maximum absolute atomic E-state index is 11.0. The summed E-state index contributed by atoms with van der Waals surface area (Å²) in [5.74, 6) is 0.792. The lowest BCUT2D eigenvalue weighted by Crippen LogP contribution is -2.35. The summed E-state index contributed by atoms with van der Waals surface area (Å²) in [6.07, 6.45) is 0.900. The second-order valence-electron chi connectivity index (χ2n) is 3.91. The molecule has 2 unspecified atom stereocenters. The number of methoxy groups -OCH3 is 1. The molecule has 0 N–H and O–H groups in total. The average molecular weight is 253 g/mol. The first-order valence-electron chi connectivity index (χ1n) is 5.62. The van der Waals surface area contributed by atoms with E-state index in [-0.39, 0.29) is 12.1 Å². The minimum atomic E-state index is 0.0310. The van der Waals surface area contributed by atoms with Crippen molar-refractivity contribution in [2.24, 2.45) is 0 Å². The van der Waals surface area contributed by atoms with Gasteiger partial charge in [0.2, 0.25) is 6.41 Å². The summed E-state index contributed by atoms with van der Waals surface area (Å²) in [5, 5.41) is 0. The van der Waals surface area contributed by atoms with Crippen LogP contribution in [0.25, 0.3) is 0 Å². The predicted molar refractivity (Wildman–Crippen MR) is 71.6 cm³/mol. The second-order valence-corrected chi connectivity index (χ2v) is 4.87. The summed E-state index contributed by atoms with van der Waals surface area (Å²) in [5.41, 5.74) is 1.21. The maximum Gasteiger partial charge on any atom is 0.219 e. The third kappa shape index (κ3) is 4.40. The van der Waals surface area contributed by atoms with E-state index in [9.17, 15) is 4.79 Å². The van der Waals surface area contributed by atoms with E-state index in [0.29, 0.717) is 0 Å². The Morgan fingerprint density at radius 3 is 2.53 bits per heavy atom. The fourth-order valence-corrected chi connectivity index (χ4v) is 2.33. The van der Waals surface area contributed by atoms with E-state index in [1.165, 1.54) is 17.5 Å². The molecule has 0 aliphatic heterocycles. The van der Waals surface area contributed by atoms with Crippen LogP contribution >= 0.6 is 11.9 Å². The highest BCUT2D eigenvalue weighted by Gasteiger charge is 2.18. The molecule has 0 saturated carbocycles. The van der Waals surface area contributed by atoms with Gasteiger partial charge >= 0.3 is 0 Å². The zero-order chi connectivity index (χ0) is 12.7. The van der Waals surface area contributed by atoms with E-state index >= 15 is 0 Å². The van der Waals surface area contributed by atoms with Gasteiger partial charge in [-0.25, -0.2) is 0 Å². The molecule has 2 atom stereocenters. The monoisotopic (exact) mass is 253 g/mol. The molecule has 0 aliphatic rings. The van der Waals surface area contributed by atoms with Crippen molar-refractivity contribution in [2.75, 3.05) is 7.11 Å². The van der Waals surface area contributed by atoms with Gasteiger partial charge in [-0.05, 0) is 31.4 Å². The van der Waals surface area contributed by atoms with Gasteiger partial charge in [0, 0.05) is 12.9 Å². The number of hydrogen-bond donors (Lipinski definition) is 0. The lowest BCUT2D eigenvalue weighted by Gasteiger charge is -2.27. The Kier molecular flexibility index (Phi) is 6.08. The molecule has 0 fully saturated rings. The largest absolute Gasteiger partial charge is 0.380 e.